The number of rotatable bonds is 4. The maximum atomic E-state index is 14.1. The van der Waals surface area contributed by atoms with Gasteiger partial charge < -0.3 is 10.5 Å². The van der Waals surface area contributed by atoms with Gasteiger partial charge in [0.1, 0.15) is 0 Å². The third-order valence-corrected chi connectivity index (χ3v) is 3.84. The molecule has 0 radical (unpaired) electrons. The topological polar surface area (TPSA) is 35.2 Å². The number of hydrogen-bond acceptors (Lipinski definition) is 2. The summed E-state index contributed by atoms with van der Waals surface area (Å²) in [6.07, 6.45) is 0.431. The first-order valence-corrected chi connectivity index (χ1v) is 7.15. The fourth-order valence-electron chi connectivity index (χ4n) is 2.23. The summed E-state index contributed by atoms with van der Waals surface area (Å²) < 4.78 is 20.1. The second-order valence-electron chi connectivity index (χ2n) is 4.74. The lowest BCUT2D eigenvalue weighted by Crippen LogP contribution is -2.15. The zero-order valence-electron chi connectivity index (χ0n) is 11.5. The van der Waals surface area contributed by atoms with E-state index in [-0.39, 0.29) is 17.6 Å². The number of nitrogens with two attached hydrogens (primary N) is 1. The van der Waals surface area contributed by atoms with Gasteiger partial charge in [0.05, 0.1) is 7.11 Å². The van der Waals surface area contributed by atoms with E-state index in [9.17, 15) is 4.39 Å². The van der Waals surface area contributed by atoms with E-state index >= 15 is 0 Å². The Morgan fingerprint density at radius 3 is 2.75 bits per heavy atom. The summed E-state index contributed by atoms with van der Waals surface area (Å²) in [6.45, 7) is 2.00. The predicted octanol–water partition coefficient (Wildman–Crippen LogP) is 4.15. The van der Waals surface area contributed by atoms with Gasteiger partial charge in [-0.2, -0.15) is 0 Å². The molecule has 2 rings (SSSR count). The first-order valence-electron chi connectivity index (χ1n) is 6.36. The van der Waals surface area contributed by atoms with Crippen LogP contribution in [0.3, 0.4) is 0 Å². The van der Waals surface area contributed by atoms with E-state index in [2.05, 4.69) is 15.9 Å². The molecule has 0 aliphatic carbocycles. The highest BCUT2D eigenvalue weighted by molar-refractivity contribution is 9.10. The van der Waals surface area contributed by atoms with Gasteiger partial charge in [0.2, 0.25) is 0 Å². The van der Waals surface area contributed by atoms with Gasteiger partial charge in [-0.05, 0) is 48.2 Å². The summed E-state index contributed by atoms with van der Waals surface area (Å²) in [4.78, 5) is 0. The van der Waals surface area contributed by atoms with Crippen LogP contribution < -0.4 is 10.5 Å². The van der Waals surface area contributed by atoms with Crippen molar-refractivity contribution in [3.63, 3.8) is 0 Å². The van der Waals surface area contributed by atoms with Crippen molar-refractivity contribution in [3.05, 3.63) is 63.4 Å². The Morgan fingerprint density at radius 1 is 1.30 bits per heavy atom. The Labute approximate surface area is 126 Å². The van der Waals surface area contributed by atoms with Crippen LogP contribution in [0.15, 0.2) is 40.9 Å². The molecular weight excluding hydrogens is 321 g/mol. The zero-order valence-corrected chi connectivity index (χ0v) is 13.1. The summed E-state index contributed by atoms with van der Waals surface area (Å²) >= 11 is 3.44. The average Bonchev–Trinajstić information content (AvgIpc) is 2.43. The van der Waals surface area contributed by atoms with Gasteiger partial charge in [0.25, 0.3) is 0 Å². The lowest BCUT2D eigenvalue weighted by Gasteiger charge is -2.16. The van der Waals surface area contributed by atoms with Gasteiger partial charge in [0, 0.05) is 10.5 Å². The Hall–Kier alpha value is -1.39. The Bertz CT molecular complexity index is 615. The van der Waals surface area contributed by atoms with Crippen LogP contribution in [0, 0.1) is 12.7 Å². The van der Waals surface area contributed by atoms with Crippen molar-refractivity contribution in [2.45, 2.75) is 19.4 Å². The first-order chi connectivity index (χ1) is 9.52. The number of aryl methyl sites for hydroxylation is 1. The van der Waals surface area contributed by atoms with Crippen LogP contribution in [0.4, 0.5) is 4.39 Å². The van der Waals surface area contributed by atoms with Gasteiger partial charge in [-0.15, -0.1) is 0 Å². The fraction of sp³-hybridized carbons (Fsp3) is 0.250. The van der Waals surface area contributed by atoms with Crippen molar-refractivity contribution in [1.82, 2.24) is 0 Å². The predicted molar refractivity (Wildman–Crippen MR) is 82.5 cm³/mol. The van der Waals surface area contributed by atoms with E-state index in [1.165, 1.54) is 7.11 Å². The standard InChI is InChI=1S/C16H17BrFNO/c1-10-6-7-12(17)9-13(10)14(19)8-11-4-3-5-15(20-2)16(11)18/h3-7,9,14H,8,19H2,1-2H3. The van der Waals surface area contributed by atoms with Crippen LogP contribution in [0.25, 0.3) is 0 Å². The SMILES string of the molecule is COc1cccc(CC(N)c2cc(Br)ccc2C)c1F. The Balaban J connectivity index is 2.28. The second kappa shape index (κ2) is 6.37. The van der Waals surface area contributed by atoms with Gasteiger partial charge in [-0.1, -0.05) is 34.1 Å². The number of methoxy groups -OCH3 is 1. The highest BCUT2D eigenvalue weighted by atomic mass is 79.9. The van der Waals surface area contributed by atoms with Crippen molar-refractivity contribution in [2.75, 3.05) is 7.11 Å². The van der Waals surface area contributed by atoms with Crippen LogP contribution in [0.5, 0.6) is 5.75 Å². The van der Waals surface area contributed by atoms with Crippen molar-refractivity contribution in [1.29, 1.82) is 0 Å². The normalized spacial score (nSPS) is 12.2. The highest BCUT2D eigenvalue weighted by Gasteiger charge is 2.15. The molecule has 1 unspecified atom stereocenters. The van der Waals surface area contributed by atoms with Crippen molar-refractivity contribution >= 4 is 15.9 Å². The van der Waals surface area contributed by atoms with Crippen LogP contribution in [-0.4, -0.2) is 7.11 Å². The van der Waals surface area contributed by atoms with Crippen molar-refractivity contribution in [3.8, 4) is 5.75 Å². The van der Waals surface area contributed by atoms with E-state index in [0.717, 1.165) is 15.6 Å². The molecule has 0 bridgehead atoms. The molecule has 2 aromatic rings. The van der Waals surface area contributed by atoms with Crippen LogP contribution in [0.2, 0.25) is 0 Å². The summed E-state index contributed by atoms with van der Waals surface area (Å²) in [5, 5.41) is 0. The fourth-order valence-corrected chi connectivity index (χ4v) is 2.61. The molecule has 0 heterocycles. The quantitative estimate of drug-likeness (QED) is 0.909. The van der Waals surface area contributed by atoms with Crippen LogP contribution in [0.1, 0.15) is 22.7 Å². The lowest BCUT2D eigenvalue weighted by atomic mass is 9.96. The smallest absolute Gasteiger partial charge is 0.168 e. The van der Waals surface area contributed by atoms with Gasteiger partial charge >= 0.3 is 0 Å². The second-order valence-corrected chi connectivity index (χ2v) is 5.66. The molecule has 0 spiro atoms. The number of benzene rings is 2. The van der Waals surface area contributed by atoms with E-state index in [4.69, 9.17) is 10.5 Å². The molecule has 2 aromatic carbocycles. The molecule has 20 heavy (non-hydrogen) atoms. The summed E-state index contributed by atoms with van der Waals surface area (Å²) in [5.74, 6) is -0.0845. The Morgan fingerprint density at radius 2 is 2.05 bits per heavy atom. The first kappa shape index (κ1) is 15.0. The molecule has 0 saturated heterocycles. The average molecular weight is 338 g/mol. The third kappa shape index (κ3) is 3.19. The highest BCUT2D eigenvalue weighted by Crippen LogP contribution is 2.27. The molecule has 0 aliphatic heterocycles. The molecule has 1 atom stereocenters. The summed E-state index contributed by atoms with van der Waals surface area (Å²) in [6, 6.07) is 10.8. The molecule has 106 valence electrons. The molecule has 2 nitrogen and oxygen atoms in total. The summed E-state index contributed by atoms with van der Waals surface area (Å²) in [7, 11) is 1.46. The maximum Gasteiger partial charge on any atom is 0.168 e. The van der Waals surface area contributed by atoms with Crippen LogP contribution in [-0.2, 0) is 6.42 Å². The van der Waals surface area contributed by atoms with Crippen molar-refractivity contribution < 1.29 is 9.13 Å². The van der Waals surface area contributed by atoms with E-state index in [1.54, 1.807) is 18.2 Å². The van der Waals surface area contributed by atoms with Gasteiger partial charge in [-0.3, -0.25) is 0 Å². The van der Waals surface area contributed by atoms with E-state index < -0.39 is 0 Å². The minimum atomic E-state index is -0.335. The molecule has 0 saturated carbocycles. The minimum Gasteiger partial charge on any atom is -0.494 e. The van der Waals surface area contributed by atoms with Crippen LogP contribution >= 0.6 is 15.9 Å². The Kier molecular flexibility index (Phi) is 4.78. The van der Waals surface area contributed by atoms with Crippen molar-refractivity contribution in [2.24, 2.45) is 5.73 Å². The molecule has 4 heteroatoms. The largest absolute Gasteiger partial charge is 0.494 e. The number of halogens is 2. The molecule has 2 N–H and O–H groups in total. The van der Waals surface area contributed by atoms with E-state index in [1.807, 2.05) is 25.1 Å². The van der Waals surface area contributed by atoms with E-state index in [0.29, 0.717) is 12.0 Å². The molecule has 0 aromatic heterocycles. The monoisotopic (exact) mass is 337 g/mol. The lowest BCUT2D eigenvalue weighted by molar-refractivity contribution is 0.383. The molecular formula is C16H17BrFNO. The van der Waals surface area contributed by atoms with Gasteiger partial charge in [-0.25, -0.2) is 4.39 Å². The molecule has 0 aliphatic rings. The molecule has 0 amide bonds. The number of ether oxygens (including phenoxy) is 1. The maximum absolute atomic E-state index is 14.1. The summed E-state index contributed by atoms with van der Waals surface area (Å²) in [5.41, 5.74) is 8.91. The third-order valence-electron chi connectivity index (χ3n) is 3.34. The van der Waals surface area contributed by atoms with Gasteiger partial charge in [0.15, 0.2) is 11.6 Å². The molecule has 0 fully saturated rings. The zero-order chi connectivity index (χ0) is 14.7. The minimum absolute atomic E-state index is 0.251. The number of hydrogen-bond donors (Lipinski definition) is 1.